The van der Waals surface area contributed by atoms with E-state index in [9.17, 15) is 0 Å². The van der Waals surface area contributed by atoms with Crippen molar-refractivity contribution in [3.8, 4) is 0 Å². The Morgan fingerprint density at radius 2 is 2.05 bits per heavy atom. The van der Waals surface area contributed by atoms with E-state index in [0.29, 0.717) is 16.0 Å². The molecule has 1 saturated carbocycles. The van der Waals surface area contributed by atoms with E-state index in [2.05, 4.69) is 17.3 Å². The summed E-state index contributed by atoms with van der Waals surface area (Å²) in [5, 5.41) is 1.15. The van der Waals surface area contributed by atoms with Gasteiger partial charge in [0.25, 0.3) is 0 Å². The van der Waals surface area contributed by atoms with Crippen LogP contribution in [-0.4, -0.2) is 4.98 Å². The van der Waals surface area contributed by atoms with Crippen LogP contribution in [0.15, 0.2) is 12.3 Å². The molecule has 0 bridgehead atoms. The first-order valence-electron chi connectivity index (χ1n) is 6.92. The Bertz CT molecular complexity index is 417. The number of nitrogens with one attached hydrogen (secondary N) is 1. The highest BCUT2D eigenvalue weighted by Crippen LogP contribution is 2.39. The van der Waals surface area contributed by atoms with Crippen molar-refractivity contribution >= 4 is 23.2 Å². The van der Waals surface area contributed by atoms with Gasteiger partial charge in [0, 0.05) is 6.20 Å². The molecule has 0 saturated heterocycles. The van der Waals surface area contributed by atoms with Crippen LogP contribution in [0.3, 0.4) is 0 Å². The van der Waals surface area contributed by atoms with Gasteiger partial charge in [-0.1, -0.05) is 49.4 Å². The average Bonchev–Trinajstić information content (AvgIpc) is 2.42. The summed E-state index contributed by atoms with van der Waals surface area (Å²) < 4.78 is 0. The molecule has 0 amide bonds. The van der Waals surface area contributed by atoms with Crippen LogP contribution in [0.1, 0.15) is 50.8 Å². The maximum absolute atomic E-state index is 6.24. The fourth-order valence-corrected chi connectivity index (χ4v) is 3.52. The van der Waals surface area contributed by atoms with Crippen molar-refractivity contribution in [1.82, 2.24) is 10.4 Å². The zero-order valence-corrected chi connectivity index (χ0v) is 12.7. The van der Waals surface area contributed by atoms with Gasteiger partial charge in [-0.15, -0.1) is 0 Å². The largest absolute Gasteiger partial charge is 0.271 e. The van der Waals surface area contributed by atoms with Crippen LogP contribution in [0.25, 0.3) is 0 Å². The summed E-state index contributed by atoms with van der Waals surface area (Å²) in [5.74, 6) is 7.09. The predicted molar refractivity (Wildman–Crippen MR) is 80.1 cm³/mol. The fourth-order valence-electron chi connectivity index (χ4n) is 3.02. The van der Waals surface area contributed by atoms with Crippen LogP contribution < -0.4 is 11.3 Å². The van der Waals surface area contributed by atoms with Gasteiger partial charge in [0.15, 0.2) is 0 Å². The first-order valence-corrected chi connectivity index (χ1v) is 7.68. The molecule has 0 aromatic carbocycles. The molecule has 106 valence electrons. The van der Waals surface area contributed by atoms with Gasteiger partial charge in [0.05, 0.1) is 21.8 Å². The first kappa shape index (κ1) is 15.0. The Labute approximate surface area is 124 Å². The number of nitrogens with zero attached hydrogens (tertiary/aromatic N) is 1. The van der Waals surface area contributed by atoms with Crippen LogP contribution in [0.4, 0.5) is 0 Å². The summed E-state index contributed by atoms with van der Waals surface area (Å²) >= 11 is 12.1. The van der Waals surface area contributed by atoms with Gasteiger partial charge in [0.2, 0.25) is 0 Å². The van der Waals surface area contributed by atoms with Gasteiger partial charge in [-0.3, -0.25) is 16.3 Å². The molecule has 3 nitrogen and oxygen atoms in total. The minimum atomic E-state index is 0.0163. The topological polar surface area (TPSA) is 50.9 Å². The average molecular weight is 302 g/mol. The Balaban J connectivity index is 2.12. The summed E-state index contributed by atoms with van der Waals surface area (Å²) in [6, 6.07) is 1.75. The summed E-state index contributed by atoms with van der Waals surface area (Å²) in [6.07, 6.45) is 7.79. The van der Waals surface area contributed by atoms with E-state index in [-0.39, 0.29) is 6.04 Å². The molecule has 2 rings (SSSR count). The molecular weight excluding hydrogens is 281 g/mol. The number of hydrogen-bond donors (Lipinski definition) is 2. The SMILES string of the molecule is CCC1CCC(C(NN)c2ncc(Cl)cc2Cl)CC1. The van der Waals surface area contributed by atoms with E-state index in [1.807, 2.05) is 0 Å². The van der Waals surface area contributed by atoms with Crippen LogP contribution in [-0.2, 0) is 0 Å². The molecular formula is C14H21Cl2N3. The lowest BCUT2D eigenvalue weighted by atomic mass is 9.77. The minimum absolute atomic E-state index is 0.0163. The lowest BCUT2D eigenvalue weighted by Gasteiger charge is -2.33. The highest BCUT2D eigenvalue weighted by molar-refractivity contribution is 6.34. The minimum Gasteiger partial charge on any atom is -0.271 e. The zero-order chi connectivity index (χ0) is 13.8. The number of hydrazine groups is 1. The number of hydrogen-bond acceptors (Lipinski definition) is 3. The number of rotatable bonds is 4. The molecule has 1 atom stereocenters. The summed E-state index contributed by atoms with van der Waals surface area (Å²) in [5.41, 5.74) is 3.70. The number of pyridine rings is 1. The first-order chi connectivity index (χ1) is 9.15. The molecule has 1 aliphatic rings. The molecule has 1 fully saturated rings. The van der Waals surface area contributed by atoms with Gasteiger partial charge in [0.1, 0.15) is 0 Å². The molecule has 0 aliphatic heterocycles. The Hall–Kier alpha value is -0.350. The number of halogens is 2. The molecule has 3 N–H and O–H groups in total. The van der Waals surface area contributed by atoms with E-state index in [4.69, 9.17) is 29.0 Å². The van der Waals surface area contributed by atoms with E-state index in [1.54, 1.807) is 12.3 Å². The molecule has 19 heavy (non-hydrogen) atoms. The molecule has 1 heterocycles. The van der Waals surface area contributed by atoms with Crippen molar-refractivity contribution in [3.63, 3.8) is 0 Å². The number of nitrogens with two attached hydrogens (primary N) is 1. The van der Waals surface area contributed by atoms with Gasteiger partial charge >= 0.3 is 0 Å². The highest BCUT2D eigenvalue weighted by atomic mass is 35.5. The van der Waals surface area contributed by atoms with Crippen molar-refractivity contribution in [2.45, 2.75) is 45.1 Å². The lowest BCUT2D eigenvalue weighted by Crippen LogP contribution is -2.36. The third-order valence-corrected chi connectivity index (χ3v) is 4.76. The van der Waals surface area contributed by atoms with Crippen molar-refractivity contribution in [2.24, 2.45) is 17.7 Å². The molecule has 1 aliphatic carbocycles. The Morgan fingerprint density at radius 1 is 1.37 bits per heavy atom. The second kappa shape index (κ2) is 6.89. The molecule has 1 unspecified atom stereocenters. The van der Waals surface area contributed by atoms with Crippen LogP contribution >= 0.6 is 23.2 Å². The smallest absolute Gasteiger partial charge is 0.0776 e. The van der Waals surface area contributed by atoms with Crippen molar-refractivity contribution in [2.75, 3.05) is 0 Å². The molecule has 1 aromatic rings. The summed E-state index contributed by atoms with van der Waals surface area (Å²) in [6.45, 7) is 2.27. The molecule has 1 aromatic heterocycles. The maximum Gasteiger partial charge on any atom is 0.0776 e. The molecule has 5 heteroatoms. The van der Waals surface area contributed by atoms with E-state index in [1.165, 1.54) is 32.1 Å². The van der Waals surface area contributed by atoms with Crippen molar-refractivity contribution < 1.29 is 0 Å². The van der Waals surface area contributed by atoms with E-state index < -0.39 is 0 Å². The van der Waals surface area contributed by atoms with Crippen molar-refractivity contribution in [3.05, 3.63) is 28.0 Å². The summed E-state index contributed by atoms with van der Waals surface area (Å²) in [4.78, 5) is 4.36. The Kier molecular flexibility index (Phi) is 5.46. The van der Waals surface area contributed by atoms with Gasteiger partial charge in [-0.05, 0) is 30.7 Å². The van der Waals surface area contributed by atoms with E-state index in [0.717, 1.165) is 11.6 Å². The van der Waals surface area contributed by atoms with Gasteiger partial charge < -0.3 is 0 Å². The standard InChI is InChI=1S/C14H21Cl2N3/c1-2-9-3-5-10(6-4-9)13(19-17)14-12(16)7-11(15)8-18-14/h7-10,13,19H,2-6,17H2,1H3. The quantitative estimate of drug-likeness (QED) is 0.650. The third-order valence-electron chi connectivity index (χ3n) is 4.25. The zero-order valence-electron chi connectivity index (χ0n) is 11.2. The second-order valence-corrected chi connectivity index (χ2v) is 6.20. The van der Waals surface area contributed by atoms with Gasteiger partial charge in [-0.25, -0.2) is 0 Å². The number of aromatic nitrogens is 1. The van der Waals surface area contributed by atoms with E-state index >= 15 is 0 Å². The van der Waals surface area contributed by atoms with Crippen LogP contribution in [0.2, 0.25) is 10.0 Å². The maximum atomic E-state index is 6.24. The molecule has 0 spiro atoms. The Morgan fingerprint density at radius 3 is 2.58 bits per heavy atom. The molecule has 0 radical (unpaired) electrons. The van der Waals surface area contributed by atoms with Gasteiger partial charge in [-0.2, -0.15) is 0 Å². The predicted octanol–water partition coefficient (Wildman–Crippen LogP) is 4.11. The normalized spacial score (nSPS) is 25.3. The monoisotopic (exact) mass is 301 g/mol. The van der Waals surface area contributed by atoms with Crippen LogP contribution in [0, 0.1) is 11.8 Å². The highest BCUT2D eigenvalue weighted by Gasteiger charge is 2.29. The fraction of sp³-hybridized carbons (Fsp3) is 0.643. The second-order valence-electron chi connectivity index (χ2n) is 5.35. The lowest BCUT2D eigenvalue weighted by molar-refractivity contribution is 0.217. The third kappa shape index (κ3) is 3.60. The summed E-state index contributed by atoms with van der Waals surface area (Å²) in [7, 11) is 0. The van der Waals surface area contributed by atoms with Crippen LogP contribution in [0.5, 0.6) is 0 Å². The van der Waals surface area contributed by atoms with Crippen molar-refractivity contribution in [1.29, 1.82) is 0 Å².